The molecule has 0 saturated heterocycles. The van der Waals surface area contributed by atoms with Gasteiger partial charge in [-0.15, -0.1) is 0 Å². The highest BCUT2D eigenvalue weighted by Gasteiger charge is 2.52. The number of halogens is 1. The van der Waals surface area contributed by atoms with Crippen LogP contribution in [0.1, 0.15) is 39.7 Å². The van der Waals surface area contributed by atoms with E-state index in [1.54, 1.807) is 0 Å². The second kappa shape index (κ2) is 17.0. The van der Waals surface area contributed by atoms with E-state index in [2.05, 4.69) is 196 Å². The smallest absolute Gasteiger partial charge is 0.261 e. The monoisotopic (exact) mass is 803 g/mol. The van der Waals surface area contributed by atoms with Gasteiger partial charge in [0.25, 0.3) is 8.32 Å². The van der Waals surface area contributed by atoms with Crippen molar-refractivity contribution < 1.29 is 28.4 Å². The van der Waals surface area contributed by atoms with Crippen LogP contribution < -0.4 is 50.3 Å². The third-order valence-electron chi connectivity index (χ3n) is 9.64. The molecule has 50 heavy (non-hydrogen) atoms. The lowest BCUT2D eigenvalue weighted by Crippen LogP contribution is -3.00. The van der Waals surface area contributed by atoms with Crippen LogP contribution in [0.15, 0.2) is 182 Å². The Kier molecular flexibility index (Phi) is 12.8. The van der Waals surface area contributed by atoms with Gasteiger partial charge >= 0.3 is 0 Å². The predicted molar refractivity (Wildman–Crippen MR) is 215 cm³/mol. The van der Waals surface area contributed by atoms with Crippen LogP contribution in [0, 0.1) is 0 Å². The molecule has 0 fully saturated rings. The van der Waals surface area contributed by atoms with Crippen LogP contribution >= 0.6 is 7.26 Å². The molecule has 6 aromatic rings. The lowest BCUT2D eigenvalue weighted by atomic mass is 10.1. The highest BCUT2D eigenvalue weighted by molar-refractivity contribution is 7.95. The first kappa shape index (κ1) is 37.6. The number of pyridine rings is 1. The minimum absolute atomic E-state index is 0. The molecule has 0 N–H and O–H groups in total. The first-order chi connectivity index (χ1) is 23.8. The fourth-order valence-electron chi connectivity index (χ4n) is 7.29. The minimum Gasteiger partial charge on any atom is -1.00 e. The SMILES string of the molecule is CC(=Cc1cccnc1)[C@H](CC[P+](c1ccccc1)(c1ccccc1)c1ccccc1)O[Si](c1ccccc1)(c1ccccc1)C(C)(C)C.[I-]. The molecule has 0 spiro atoms. The summed E-state index contributed by atoms with van der Waals surface area (Å²) in [5.74, 6) is 0. The summed E-state index contributed by atoms with van der Waals surface area (Å²) in [6.07, 6.45) is 7.75. The minimum atomic E-state index is -2.87. The summed E-state index contributed by atoms with van der Waals surface area (Å²) in [4.78, 5) is 4.44. The van der Waals surface area contributed by atoms with Crippen molar-refractivity contribution in [1.29, 1.82) is 0 Å². The normalized spacial score (nSPS) is 12.9. The molecule has 0 radical (unpaired) electrons. The molecule has 0 aliphatic rings. The Balaban J connectivity index is 0.00000486. The zero-order valence-corrected chi connectivity index (χ0v) is 33.5. The first-order valence-electron chi connectivity index (χ1n) is 17.3. The number of nitrogens with zero attached hydrogens (tertiary/aromatic N) is 1. The van der Waals surface area contributed by atoms with Crippen LogP contribution in [-0.2, 0) is 4.43 Å². The fraction of sp³-hybridized carbons (Fsp3) is 0.178. The third-order valence-corrected chi connectivity index (χ3v) is 19.2. The van der Waals surface area contributed by atoms with Crippen LogP contribution in [0.25, 0.3) is 6.08 Å². The molecule has 1 heterocycles. The molecule has 1 aromatic heterocycles. The van der Waals surface area contributed by atoms with Gasteiger partial charge in [0.1, 0.15) is 23.2 Å². The summed E-state index contributed by atoms with van der Waals surface area (Å²) in [5.41, 5.74) is 2.31. The highest BCUT2D eigenvalue weighted by atomic mass is 127. The third kappa shape index (κ3) is 7.95. The topological polar surface area (TPSA) is 22.1 Å². The number of aromatic nitrogens is 1. The molecule has 0 aliphatic heterocycles. The van der Waals surface area contributed by atoms with Crippen molar-refractivity contribution in [2.75, 3.05) is 6.16 Å². The van der Waals surface area contributed by atoms with E-state index in [0.717, 1.165) is 18.1 Å². The zero-order valence-electron chi connectivity index (χ0n) is 29.5. The van der Waals surface area contributed by atoms with Crippen molar-refractivity contribution in [2.24, 2.45) is 0 Å². The molecule has 5 aromatic carbocycles. The number of rotatable bonds is 12. The molecular formula is C45H47INOPSi. The maximum absolute atomic E-state index is 7.98. The Morgan fingerprint density at radius 1 is 0.640 bits per heavy atom. The van der Waals surface area contributed by atoms with E-state index < -0.39 is 15.6 Å². The molecule has 0 aliphatic carbocycles. The Morgan fingerprint density at radius 3 is 1.44 bits per heavy atom. The van der Waals surface area contributed by atoms with E-state index in [9.17, 15) is 0 Å². The summed E-state index contributed by atoms with van der Waals surface area (Å²) in [7, 11) is -4.95. The van der Waals surface area contributed by atoms with Gasteiger partial charge in [0.15, 0.2) is 0 Å². The summed E-state index contributed by atoms with van der Waals surface area (Å²) < 4.78 is 7.98. The number of hydrogen-bond acceptors (Lipinski definition) is 2. The van der Waals surface area contributed by atoms with Gasteiger partial charge in [-0.2, -0.15) is 0 Å². The van der Waals surface area contributed by atoms with Gasteiger partial charge in [-0.05, 0) is 75.9 Å². The van der Waals surface area contributed by atoms with Gasteiger partial charge in [-0.1, -0.05) is 148 Å². The van der Waals surface area contributed by atoms with Crippen molar-refractivity contribution in [2.45, 2.75) is 45.3 Å². The predicted octanol–water partition coefficient (Wildman–Crippen LogP) is 5.82. The van der Waals surface area contributed by atoms with E-state index in [1.807, 2.05) is 18.5 Å². The molecule has 2 nitrogen and oxygen atoms in total. The van der Waals surface area contributed by atoms with Crippen molar-refractivity contribution in [3.8, 4) is 0 Å². The standard InChI is InChI=1S/C45H47NOPSi.HI/c1-37(35-38-21-20-33-46-36-38)44(47-49(45(2,3)4,42-28-16-8-17-29-42)43-30-18-9-19-31-43)32-34-48(39-22-10-5-11-23-39,40-24-12-6-13-25-40)41-26-14-7-15-27-41;/h5-31,33,35-36,44H,32,34H2,1-4H3;1H/q+1;/p-1/t44-;/m0./s1. The van der Waals surface area contributed by atoms with Crippen LogP contribution in [0.4, 0.5) is 0 Å². The van der Waals surface area contributed by atoms with E-state index in [4.69, 9.17) is 4.43 Å². The Morgan fingerprint density at radius 2 is 1.06 bits per heavy atom. The molecule has 5 heteroatoms. The van der Waals surface area contributed by atoms with E-state index in [0.29, 0.717) is 0 Å². The first-order valence-corrected chi connectivity index (χ1v) is 21.1. The zero-order chi connectivity index (χ0) is 34.2. The second-order valence-corrected chi connectivity index (χ2v) is 21.6. The number of benzene rings is 5. The largest absolute Gasteiger partial charge is 1.00 e. The highest BCUT2D eigenvalue weighted by Crippen LogP contribution is 2.56. The second-order valence-electron chi connectivity index (χ2n) is 13.8. The van der Waals surface area contributed by atoms with Crippen LogP contribution in [0.5, 0.6) is 0 Å². The van der Waals surface area contributed by atoms with Crippen molar-refractivity contribution in [3.63, 3.8) is 0 Å². The summed E-state index contributed by atoms with van der Waals surface area (Å²) in [5, 5.41) is 6.63. The molecule has 0 amide bonds. The lowest BCUT2D eigenvalue weighted by molar-refractivity contribution is -0.0000106. The average Bonchev–Trinajstić information content (AvgIpc) is 3.15. The van der Waals surface area contributed by atoms with Crippen molar-refractivity contribution in [3.05, 3.63) is 187 Å². The van der Waals surface area contributed by atoms with Gasteiger partial charge < -0.3 is 28.4 Å². The Hall–Kier alpha value is -3.67. The number of hydrogen-bond donors (Lipinski definition) is 0. The molecule has 1 atom stereocenters. The van der Waals surface area contributed by atoms with E-state index >= 15 is 0 Å². The van der Waals surface area contributed by atoms with E-state index in [1.165, 1.54) is 31.9 Å². The van der Waals surface area contributed by atoms with Crippen LogP contribution in [0.2, 0.25) is 5.04 Å². The summed E-state index contributed by atoms with van der Waals surface area (Å²) in [6.45, 7) is 9.35. The maximum Gasteiger partial charge on any atom is 0.261 e. The quantitative estimate of drug-likeness (QED) is 0.0886. The molecule has 6 rings (SSSR count). The van der Waals surface area contributed by atoms with Crippen LogP contribution in [-0.4, -0.2) is 25.6 Å². The van der Waals surface area contributed by atoms with Gasteiger partial charge in [0.05, 0.1) is 12.3 Å². The van der Waals surface area contributed by atoms with Gasteiger partial charge in [-0.3, -0.25) is 4.98 Å². The average molecular weight is 804 g/mol. The Labute approximate surface area is 318 Å². The van der Waals surface area contributed by atoms with Gasteiger partial charge in [-0.25, -0.2) is 0 Å². The van der Waals surface area contributed by atoms with Gasteiger partial charge in [0.2, 0.25) is 0 Å². The van der Waals surface area contributed by atoms with Crippen molar-refractivity contribution in [1.82, 2.24) is 4.98 Å². The maximum atomic E-state index is 7.98. The van der Waals surface area contributed by atoms with E-state index in [-0.39, 0.29) is 35.1 Å². The van der Waals surface area contributed by atoms with Crippen molar-refractivity contribution >= 4 is 47.9 Å². The summed E-state index contributed by atoms with van der Waals surface area (Å²) in [6, 6.07) is 59.8. The van der Waals surface area contributed by atoms with Crippen LogP contribution in [0.3, 0.4) is 0 Å². The molecule has 0 saturated carbocycles. The molecular weight excluding hydrogens is 756 g/mol. The van der Waals surface area contributed by atoms with Gasteiger partial charge in [0, 0.05) is 18.8 Å². The fourth-order valence-corrected chi connectivity index (χ4v) is 16.4. The molecule has 0 unspecified atom stereocenters. The molecule has 0 bridgehead atoms. The summed E-state index contributed by atoms with van der Waals surface area (Å²) >= 11 is 0. The Bertz CT molecular complexity index is 1780. The lowest BCUT2D eigenvalue weighted by Gasteiger charge is -2.45. The molecule has 254 valence electrons.